The van der Waals surface area contributed by atoms with Crippen LogP contribution < -0.4 is 11.1 Å². The third-order valence-electron chi connectivity index (χ3n) is 2.24. The van der Waals surface area contributed by atoms with Crippen LogP contribution in [0.5, 0.6) is 0 Å². The molecule has 0 fully saturated rings. The van der Waals surface area contributed by atoms with E-state index in [-0.39, 0.29) is 11.3 Å². The van der Waals surface area contributed by atoms with Crippen molar-refractivity contribution in [3.8, 4) is 0 Å². The molecule has 0 radical (unpaired) electrons. The topological polar surface area (TPSA) is 83.8 Å². The third kappa shape index (κ3) is 3.36. The quantitative estimate of drug-likeness (QED) is 0.675. The molecule has 4 N–H and O–H groups in total. The van der Waals surface area contributed by atoms with Crippen LogP contribution in [0.3, 0.4) is 0 Å². The van der Waals surface area contributed by atoms with E-state index in [0.29, 0.717) is 6.54 Å². The molecule has 5 heteroatoms. The maximum absolute atomic E-state index is 11.6. The SMILES string of the molecule is CC(C)(C)C(N)C(=O)NCc1cn[nH]c1. The van der Waals surface area contributed by atoms with E-state index in [4.69, 9.17) is 5.73 Å². The minimum Gasteiger partial charge on any atom is -0.351 e. The molecule has 0 aliphatic carbocycles. The summed E-state index contributed by atoms with van der Waals surface area (Å²) in [6.07, 6.45) is 3.41. The number of nitrogens with two attached hydrogens (primary N) is 1. The van der Waals surface area contributed by atoms with E-state index < -0.39 is 6.04 Å². The highest BCUT2D eigenvalue weighted by Gasteiger charge is 2.26. The lowest BCUT2D eigenvalue weighted by molar-refractivity contribution is -0.124. The molecule has 15 heavy (non-hydrogen) atoms. The Hall–Kier alpha value is -1.36. The van der Waals surface area contributed by atoms with Gasteiger partial charge in [0.1, 0.15) is 0 Å². The predicted molar refractivity (Wildman–Crippen MR) is 57.9 cm³/mol. The first-order chi connectivity index (χ1) is 6.91. The van der Waals surface area contributed by atoms with Crippen molar-refractivity contribution in [3.05, 3.63) is 18.0 Å². The normalized spacial score (nSPS) is 13.6. The van der Waals surface area contributed by atoms with E-state index >= 15 is 0 Å². The van der Waals surface area contributed by atoms with Crippen LogP contribution in [0.4, 0.5) is 0 Å². The summed E-state index contributed by atoms with van der Waals surface area (Å²) >= 11 is 0. The number of aromatic amines is 1. The van der Waals surface area contributed by atoms with Crippen molar-refractivity contribution in [2.75, 3.05) is 0 Å². The average molecular weight is 210 g/mol. The van der Waals surface area contributed by atoms with Crippen LogP contribution in [0.2, 0.25) is 0 Å². The van der Waals surface area contributed by atoms with E-state index in [9.17, 15) is 4.79 Å². The number of nitrogens with one attached hydrogen (secondary N) is 2. The lowest BCUT2D eigenvalue weighted by Gasteiger charge is -2.25. The van der Waals surface area contributed by atoms with Gasteiger partial charge in [0.05, 0.1) is 12.2 Å². The molecule has 0 aromatic carbocycles. The van der Waals surface area contributed by atoms with E-state index in [0.717, 1.165) is 5.56 Å². The van der Waals surface area contributed by atoms with Gasteiger partial charge in [-0.25, -0.2) is 0 Å². The van der Waals surface area contributed by atoms with Crippen molar-refractivity contribution in [2.45, 2.75) is 33.4 Å². The first-order valence-corrected chi connectivity index (χ1v) is 4.92. The Morgan fingerprint density at radius 1 is 1.67 bits per heavy atom. The van der Waals surface area contributed by atoms with Gasteiger partial charge in [0, 0.05) is 18.3 Å². The number of rotatable bonds is 3. The molecule has 84 valence electrons. The molecule has 0 aliphatic rings. The molecule has 0 spiro atoms. The number of nitrogens with zero attached hydrogens (tertiary/aromatic N) is 1. The molecular formula is C10H18N4O. The van der Waals surface area contributed by atoms with Gasteiger partial charge in [0.25, 0.3) is 0 Å². The summed E-state index contributed by atoms with van der Waals surface area (Å²) in [7, 11) is 0. The van der Waals surface area contributed by atoms with Crippen LogP contribution in [0.25, 0.3) is 0 Å². The lowest BCUT2D eigenvalue weighted by atomic mass is 9.87. The van der Waals surface area contributed by atoms with Gasteiger partial charge < -0.3 is 11.1 Å². The smallest absolute Gasteiger partial charge is 0.237 e. The molecule has 0 aliphatic heterocycles. The number of hydrogen-bond donors (Lipinski definition) is 3. The van der Waals surface area contributed by atoms with Crippen LogP contribution in [-0.2, 0) is 11.3 Å². The van der Waals surface area contributed by atoms with Crippen LogP contribution >= 0.6 is 0 Å². The second kappa shape index (κ2) is 4.44. The molecular weight excluding hydrogens is 192 g/mol. The van der Waals surface area contributed by atoms with Crippen molar-refractivity contribution >= 4 is 5.91 Å². The number of carbonyl (C=O) groups excluding carboxylic acids is 1. The van der Waals surface area contributed by atoms with Crippen LogP contribution in [0.1, 0.15) is 26.3 Å². The lowest BCUT2D eigenvalue weighted by Crippen LogP contribution is -2.48. The van der Waals surface area contributed by atoms with Gasteiger partial charge in [-0.2, -0.15) is 5.10 Å². The van der Waals surface area contributed by atoms with Gasteiger partial charge in [0.15, 0.2) is 0 Å². The number of amides is 1. The van der Waals surface area contributed by atoms with Crippen LogP contribution in [0.15, 0.2) is 12.4 Å². The Morgan fingerprint density at radius 3 is 2.80 bits per heavy atom. The third-order valence-corrected chi connectivity index (χ3v) is 2.24. The van der Waals surface area contributed by atoms with Gasteiger partial charge in [-0.05, 0) is 5.41 Å². The van der Waals surface area contributed by atoms with Gasteiger partial charge in [0.2, 0.25) is 5.91 Å². The number of carbonyl (C=O) groups is 1. The molecule has 0 saturated heterocycles. The monoisotopic (exact) mass is 210 g/mol. The van der Waals surface area contributed by atoms with Gasteiger partial charge in [-0.15, -0.1) is 0 Å². The standard InChI is InChI=1S/C10H18N4O/c1-10(2,3)8(11)9(15)12-4-7-5-13-14-6-7/h5-6,8H,4,11H2,1-3H3,(H,12,15)(H,13,14). The molecule has 0 saturated carbocycles. The second-order valence-electron chi connectivity index (χ2n) is 4.67. The zero-order chi connectivity index (χ0) is 11.5. The molecule has 1 amide bonds. The Bertz CT molecular complexity index is 313. The summed E-state index contributed by atoms with van der Waals surface area (Å²) < 4.78 is 0. The van der Waals surface area contributed by atoms with Crippen molar-refractivity contribution in [3.63, 3.8) is 0 Å². The minimum atomic E-state index is -0.496. The fourth-order valence-corrected chi connectivity index (χ4v) is 1.07. The zero-order valence-corrected chi connectivity index (χ0v) is 9.37. The largest absolute Gasteiger partial charge is 0.351 e. The van der Waals surface area contributed by atoms with Crippen molar-refractivity contribution in [1.82, 2.24) is 15.5 Å². The summed E-state index contributed by atoms with van der Waals surface area (Å²) in [4.78, 5) is 11.6. The van der Waals surface area contributed by atoms with E-state index in [2.05, 4.69) is 15.5 Å². The van der Waals surface area contributed by atoms with Crippen molar-refractivity contribution < 1.29 is 4.79 Å². The summed E-state index contributed by atoms with van der Waals surface area (Å²) in [6, 6.07) is -0.496. The van der Waals surface area contributed by atoms with Gasteiger partial charge >= 0.3 is 0 Å². The number of H-pyrrole nitrogens is 1. The van der Waals surface area contributed by atoms with E-state index in [1.54, 1.807) is 12.4 Å². The summed E-state index contributed by atoms with van der Waals surface area (Å²) in [5.41, 5.74) is 6.51. The molecule has 1 atom stereocenters. The molecule has 1 aromatic rings. The Morgan fingerprint density at radius 2 is 2.33 bits per heavy atom. The maximum atomic E-state index is 11.6. The zero-order valence-electron chi connectivity index (χ0n) is 9.37. The van der Waals surface area contributed by atoms with E-state index in [1.807, 2.05) is 20.8 Å². The molecule has 5 nitrogen and oxygen atoms in total. The highest BCUT2D eigenvalue weighted by atomic mass is 16.2. The summed E-state index contributed by atoms with van der Waals surface area (Å²) in [5, 5.41) is 9.23. The number of aromatic nitrogens is 2. The van der Waals surface area contributed by atoms with Crippen LogP contribution in [-0.4, -0.2) is 22.1 Å². The van der Waals surface area contributed by atoms with Gasteiger partial charge in [-0.3, -0.25) is 9.89 Å². The molecule has 0 bridgehead atoms. The Balaban J connectivity index is 2.43. The molecule has 1 rings (SSSR count). The average Bonchev–Trinajstić information content (AvgIpc) is 2.63. The van der Waals surface area contributed by atoms with Crippen molar-refractivity contribution in [1.29, 1.82) is 0 Å². The fraction of sp³-hybridized carbons (Fsp3) is 0.600. The molecule has 1 unspecified atom stereocenters. The Kier molecular flexibility index (Phi) is 3.47. The maximum Gasteiger partial charge on any atom is 0.237 e. The van der Waals surface area contributed by atoms with Crippen LogP contribution in [0, 0.1) is 5.41 Å². The Labute approximate surface area is 89.4 Å². The highest BCUT2D eigenvalue weighted by Crippen LogP contribution is 2.17. The summed E-state index contributed by atoms with van der Waals surface area (Å²) in [5.74, 6) is -0.135. The fourth-order valence-electron chi connectivity index (χ4n) is 1.07. The first-order valence-electron chi connectivity index (χ1n) is 4.92. The minimum absolute atomic E-state index is 0.135. The highest BCUT2D eigenvalue weighted by molar-refractivity contribution is 5.82. The van der Waals surface area contributed by atoms with Gasteiger partial charge in [-0.1, -0.05) is 20.8 Å². The predicted octanol–water partition coefficient (Wildman–Crippen LogP) is 0.399. The van der Waals surface area contributed by atoms with Crippen molar-refractivity contribution in [2.24, 2.45) is 11.1 Å². The first kappa shape index (κ1) is 11.7. The molecule has 1 aromatic heterocycles. The molecule has 1 heterocycles. The number of hydrogen-bond acceptors (Lipinski definition) is 3. The van der Waals surface area contributed by atoms with E-state index in [1.165, 1.54) is 0 Å². The summed E-state index contributed by atoms with van der Waals surface area (Å²) in [6.45, 7) is 6.28. The second-order valence-corrected chi connectivity index (χ2v) is 4.67.